The van der Waals surface area contributed by atoms with Crippen molar-refractivity contribution in [2.24, 2.45) is 0 Å². The van der Waals surface area contributed by atoms with E-state index in [-0.39, 0.29) is 6.04 Å². The van der Waals surface area contributed by atoms with Crippen molar-refractivity contribution in [1.29, 1.82) is 0 Å². The SMILES string of the molecule is CNC(=O)NC(=O)[C@@H](C)N[C@@H](C)c1ccc(F)c(F)c1. The molecule has 110 valence electrons. The van der Waals surface area contributed by atoms with E-state index in [2.05, 4.69) is 16.0 Å². The second-order valence-electron chi connectivity index (χ2n) is 4.35. The van der Waals surface area contributed by atoms with Crippen molar-refractivity contribution in [3.8, 4) is 0 Å². The molecule has 0 fully saturated rings. The molecule has 0 spiro atoms. The van der Waals surface area contributed by atoms with Gasteiger partial charge in [0.2, 0.25) is 5.91 Å². The van der Waals surface area contributed by atoms with E-state index in [0.717, 1.165) is 12.1 Å². The van der Waals surface area contributed by atoms with Crippen molar-refractivity contribution >= 4 is 11.9 Å². The summed E-state index contributed by atoms with van der Waals surface area (Å²) in [5.74, 6) is -2.39. The van der Waals surface area contributed by atoms with Crippen LogP contribution in [0.3, 0.4) is 0 Å². The summed E-state index contributed by atoms with van der Waals surface area (Å²) in [6.45, 7) is 3.27. The Hall–Kier alpha value is -2.02. The van der Waals surface area contributed by atoms with Crippen LogP contribution in [0.25, 0.3) is 0 Å². The standard InChI is InChI=1S/C13H17F2N3O2/c1-7(9-4-5-10(14)11(15)6-9)17-8(2)12(19)18-13(20)16-3/h4-8,17H,1-3H3,(H2,16,18,19,20)/t7-,8+/m0/s1. The summed E-state index contributed by atoms with van der Waals surface area (Å²) in [5.41, 5.74) is 0.503. The molecule has 20 heavy (non-hydrogen) atoms. The topological polar surface area (TPSA) is 70.2 Å². The van der Waals surface area contributed by atoms with Crippen LogP contribution in [0.15, 0.2) is 18.2 Å². The number of benzene rings is 1. The molecule has 2 atom stereocenters. The fraction of sp³-hybridized carbons (Fsp3) is 0.385. The fourth-order valence-electron chi connectivity index (χ4n) is 1.61. The van der Waals surface area contributed by atoms with Crippen LogP contribution in [-0.4, -0.2) is 25.0 Å². The smallest absolute Gasteiger partial charge is 0.321 e. The second-order valence-corrected chi connectivity index (χ2v) is 4.35. The van der Waals surface area contributed by atoms with Gasteiger partial charge in [-0.05, 0) is 31.5 Å². The van der Waals surface area contributed by atoms with Crippen LogP contribution < -0.4 is 16.0 Å². The first-order chi connectivity index (χ1) is 9.35. The van der Waals surface area contributed by atoms with Crippen LogP contribution in [0.2, 0.25) is 0 Å². The maximum absolute atomic E-state index is 13.1. The van der Waals surface area contributed by atoms with Gasteiger partial charge < -0.3 is 5.32 Å². The van der Waals surface area contributed by atoms with Gasteiger partial charge in [0.15, 0.2) is 11.6 Å². The predicted octanol–water partition coefficient (Wildman–Crippen LogP) is 1.46. The monoisotopic (exact) mass is 285 g/mol. The van der Waals surface area contributed by atoms with Crippen LogP contribution in [0.4, 0.5) is 13.6 Å². The summed E-state index contributed by atoms with van der Waals surface area (Å²) in [7, 11) is 1.39. The lowest BCUT2D eigenvalue weighted by atomic mass is 10.1. The number of carbonyl (C=O) groups is 2. The Kier molecular flexibility index (Phi) is 5.57. The van der Waals surface area contributed by atoms with E-state index in [1.54, 1.807) is 13.8 Å². The molecule has 0 saturated carbocycles. The molecular weight excluding hydrogens is 268 g/mol. The van der Waals surface area contributed by atoms with E-state index in [1.165, 1.54) is 13.1 Å². The number of imide groups is 1. The van der Waals surface area contributed by atoms with Gasteiger partial charge in [-0.3, -0.25) is 15.4 Å². The van der Waals surface area contributed by atoms with Crippen molar-refractivity contribution in [3.05, 3.63) is 35.4 Å². The first-order valence-electron chi connectivity index (χ1n) is 6.08. The highest BCUT2D eigenvalue weighted by atomic mass is 19.2. The minimum Gasteiger partial charge on any atom is -0.341 e. The summed E-state index contributed by atoms with van der Waals surface area (Å²) in [6, 6.07) is 1.86. The Morgan fingerprint density at radius 3 is 2.35 bits per heavy atom. The molecule has 5 nitrogen and oxygen atoms in total. The Balaban J connectivity index is 2.64. The summed E-state index contributed by atoms with van der Waals surface area (Å²) < 4.78 is 25.9. The molecule has 0 unspecified atom stereocenters. The fourth-order valence-corrected chi connectivity index (χ4v) is 1.61. The Morgan fingerprint density at radius 1 is 1.15 bits per heavy atom. The zero-order chi connectivity index (χ0) is 15.3. The highest BCUT2D eigenvalue weighted by Crippen LogP contribution is 2.16. The third kappa shape index (κ3) is 4.27. The minimum atomic E-state index is -0.946. The van der Waals surface area contributed by atoms with E-state index in [9.17, 15) is 18.4 Å². The Morgan fingerprint density at radius 2 is 1.80 bits per heavy atom. The maximum Gasteiger partial charge on any atom is 0.321 e. The number of halogens is 2. The lowest BCUT2D eigenvalue weighted by molar-refractivity contribution is -0.121. The first kappa shape index (κ1) is 16.0. The van der Waals surface area contributed by atoms with Gasteiger partial charge in [-0.15, -0.1) is 0 Å². The lowest BCUT2D eigenvalue weighted by Crippen LogP contribution is -2.47. The quantitative estimate of drug-likeness (QED) is 0.784. The van der Waals surface area contributed by atoms with Gasteiger partial charge >= 0.3 is 6.03 Å². The summed E-state index contributed by atoms with van der Waals surface area (Å²) in [5, 5.41) is 7.27. The number of hydrogen-bond donors (Lipinski definition) is 3. The van der Waals surface area contributed by atoms with E-state index >= 15 is 0 Å². The van der Waals surface area contributed by atoms with Gasteiger partial charge in [0, 0.05) is 13.1 Å². The molecule has 7 heteroatoms. The molecule has 3 amide bonds. The molecular formula is C13H17F2N3O2. The number of rotatable bonds is 4. The number of urea groups is 1. The first-order valence-corrected chi connectivity index (χ1v) is 6.08. The largest absolute Gasteiger partial charge is 0.341 e. The van der Waals surface area contributed by atoms with Crippen molar-refractivity contribution in [1.82, 2.24) is 16.0 Å². The van der Waals surface area contributed by atoms with E-state index in [1.807, 2.05) is 0 Å². The van der Waals surface area contributed by atoms with Gasteiger partial charge in [0.25, 0.3) is 0 Å². The molecule has 0 aliphatic rings. The van der Waals surface area contributed by atoms with Crippen molar-refractivity contribution in [3.63, 3.8) is 0 Å². The summed E-state index contributed by atoms with van der Waals surface area (Å²) >= 11 is 0. The molecule has 0 radical (unpaired) electrons. The van der Waals surface area contributed by atoms with Crippen LogP contribution in [0.1, 0.15) is 25.5 Å². The Bertz CT molecular complexity index is 508. The molecule has 0 aromatic heterocycles. The Labute approximate surface area is 115 Å². The van der Waals surface area contributed by atoms with Crippen LogP contribution in [-0.2, 0) is 4.79 Å². The van der Waals surface area contributed by atoms with Gasteiger partial charge in [0.05, 0.1) is 6.04 Å². The third-order valence-corrected chi connectivity index (χ3v) is 2.80. The molecule has 0 heterocycles. The average Bonchev–Trinajstić information content (AvgIpc) is 2.41. The van der Waals surface area contributed by atoms with Crippen LogP contribution in [0.5, 0.6) is 0 Å². The number of hydrogen-bond acceptors (Lipinski definition) is 3. The predicted molar refractivity (Wildman–Crippen MR) is 70.0 cm³/mol. The van der Waals surface area contributed by atoms with Gasteiger partial charge in [-0.1, -0.05) is 6.07 Å². The lowest BCUT2D eigenvalue weighted by Gasteiger charge is -2.19. The average molecular weight is 285 g/mol. The van der Waals surface area contributed by atoms with E-state index in [0.29, 0.717) is 5.56 Å². The number of carbonyl (C=O) groups excluding carboxylic acids is 2. The molecule has 3 N–H and O–H groups in total. The van der Waals surface area contributed by atoms with E-state index < -0.39 is 29.6 Å². The van der Waals surface area contributed by atoms with Crippen molar-refractivity contribution in [2.45, 2.75) is 25.9 Å². The summed E-state index contributed by atoms with van der Waals surface area (Å²) in [6.07, 6.45) is 0. The highest BCUT2D eigenvalue weighted by Gasteiger charge is 2.18. The summed E-state index contributed by atoms with van der Waals surface area (Å²) in [4.78, 5) is 22.6. The maximum atomic E-state index is 13.1. The second kappa shape index (κ2) is 6.95. The van der Waals surface area contributed by atoms with Gasteiger partial charge in [-0.2, -0.15) is 0 Å². The molecule has 1 aromatic rings. The molecule has 1 aromatic carbocycles. The third-order valence-electron chi connectivity index (χ3n) is 2.80. The zero-order valence-corrected chi connectivity index (χ0v) is 11.5. The molecule has 0 aliphatic heterocycles. The zero-order valence-electron chi connectivity index (χ0n) is 11.5. The van der Waals surface area contributed by atoms with E-state index in [4.69, 9.17) is 0 Å². The number of amides is 3. The van der Waals surface area contributed by atoms with Crippen molar-refractivity contribution < 1.29 is 18.4 Å². The molecule has 0 bridgehead atoms. The van der Waals surface area contributed by atoms with Crippen LogP contribution >= 0.6 is 0 Å². The molecule has 0 saturated heterocycles. The molecule has 0 aliphatic carbocycles. The van der Waals surface area contributed by atoms with Crippen LogP contribution in [0, 0.1) is 11.6 Å². The van der Waals surface area contributed by atoms with Gasteiger partial charge in [0.1, 0.15) is 0 Å². The normalized spacial score (nSPS) is 13.4. The number of nitrogens with one attached hydrogen (secondary N) is 3. The minimum absolute atomic E-state index is 0.379. The molecule has 1 rings (SSSR count). The van der Waals surface area contributed by atoms with Crippen molar-refractivity contribution in [2.75, 3.05) is 7.05 Å². The van der Waals surface area contributed by atoms with Gasteiger partial charge in [-0.25, -0.2) is 13.6 Å². The highest BCUT2D eigenvalue weighted by molar-refractivity contribution is 5.96.